The molecule has 0 bridgehead atoms. The van der Waals surface area contributed by atoms with Gasteiger partial charge in [0.05, 0.1) is 27.6 Å². The molecule has 9 nitrogen and oxygen atoms in total. The van der Waals surface area contributed by atoms with Crippen molar-refractivity contribution >= 4 is 51.3 Å². The van der Waals surface area contributed by atoms with Crippen LogP contribution in [-0.2, 0) is 11.4 Å². The predicted octanol–water partition coefficient (Wildman–Crippen LogP) is 5.66. The van der Waals surface area contributed by atoms with Gasteiger partial charge < -0.3 is 25.2 Å². The number of ether oxygens (including phenoxy) is 1. The van der Waals surface area contributed by atoms with Crippen LogP contribution < -0.4 is 20.3 Å². The molecule has 2 aromatic heterocycles. The van der Waals surface area contributed by atoms with Crippen LogP contribution in [-0.4, -0.2) is 59.0 Å². The summed E-state index contributed by atoms with van der Waals surface area (Å²) >= 11 is 6.53. The molecule has 1 fully saturated rings. The van der Waals surface area contributed by atoms with Crippen LogP contribution in [0.25, 0.3) is 10.9 Å². The minimum absolute atomic E-state index is 0.275. The van der Waals surface area contributed by atoms with Gasteiger partial charge in [-0.1, -0.05) is 24.2 Å². The molecule has 10 heteroatoms. The molecule has 0 unspecified atom stereocenters. The highest BCUT2D eigenvalue weighted by atomic mass is 35.5. The van der Waals surface area contributed by atoms with E-state index < -0.39 is 0 Å². The van der Waals surface area contributed by atoms with Crippen molar-refractivity contribution in [1.29, 1.82) is 0 Å². The van der Waals surface area contributed by atoms with E-state index in [0.717, 1.165) is 53.9 Å². The van der Waals surface area contributed by atoms with Crippen molar-refractivity contribution < 1.29 is 9.53 Å². The molecule has 206 valence electrons. The molecule has 40 heavy (non-hydrogen) atoms. The fourth-order valence-corrected chi connectivity index (χ4v) is 5.06. The third-order valence-electron chi connectivity index (χ3n) is 7.03. The number of hydrogen-bond acceptors (Lipinski definition) is 8. The third-order valence-corrected chi connectivity index (χ3v) is 7.32. The van der Waals surface area contributed by atoms with Crippen LogP contribution in [0.5, 0.6) is 5.75 Å². The van der Waals surface area contributed by atoms with E-state index in [1.54, 1.807) is 12.3 Å². The van der Waals surface area contributed by atoms with E-state index in [0.29, 0.717) is 34.9 Å². The largest absolute Gasteiger partial charge is 0.486 e. The van der Waals surface area contributed by atoms with Crippen LogP contribution in [0.4, 0.5) is 22.9 Å². The zero-order valence-electron chi connectivity index (χ0n) is 22.6. The molecule has 0 atom stereocenters. The highest BCUT2D eigenvalue weighted by Gasteiger charge is 2.24. The lowest BCUT2D eigenvalue weighted by Crippen LogP contribution is -2.42. The molecule has 0 aliphatic carbocycles. The van der Waals surface area contributed by atoms with Crippen LogP contribution in [0, 0.1) is 0 Å². The summed E-state index contributed by atoms with van der Waals surface area (Å²) in [6.07, 6.45) is 6.61. The van der Waals surface area contributed by atoms with Gasteiger partial charge in [-0.05, 0) is 75.5 Å². The summed E-state index contributed by atoms with van der Waals surface area (Å²) in [7, 11) is 4.24. The standard InChI is InChI=1S/C30H32ClN7O2/c1-4-29(39)36-26-16-23-25(17-27(26)38-13-10-22(11-14-38)37(2)3)33-19-34-30(23)35-20-8-9-28(24(31)15-20)40-18-21-7-5-6-12-32-21/h4-9,12,15-17,19,22H,1,10-11,13-14,18H2,2-3H3,(H,36,39)(H,33,34,35). The van der Waals surface area contributed by atoms with E-state index in [1.807, 2.05) is 42.5 Å². The fraction of sp³-hybridized carbons (Fsp3) is 0.267. The molecule has 1 aliphatic rings. The van der Waals surface area contributed by atoms with Crippen LogP contribution >= 0.6 is 11.6 Å². The molecular weight excluding hydrogens is 526 g/mol. The Kier molecular flexibility index (Phi) is 8.42. The molecule has 0 radical (unpaired) electrons. The molecule has 2 aromatic carbocycles. The minimum Gasteiger partial charge on any atom is -0.486 e. The van der Waals surface area contributed by atoms with Gasteiger partial charge >= 0.3 is 0 Å². The fourth-order valence-electron chi connectivity index (χ4n) is 4.83. The summed E-state index contributed by atoms with van der Waals surface area (Å²) in [5, 5.41) is 7.55. The van der Waals surface area contributed by atoms with Gasteiger partial charge in [-0.2, -0.15) is 0 Å². The Morgan fingerprint density at radius 3 is 2.67 bits per heavy atom. The normalized spacial score (nSPS) is 13.8. The lowest BCUT2D eigenvalue weighted by molar-refractivity contribution is -0.111. The number of nitrogens with zero attached hydrogens (tertiary/aromatic N) is 5. The van der Waals surface area contributed by atoms with Gasteiger partial charge in [0.15, 0.2) is 0 Å². The molecule has 1 saturated heterocycles. The SMILES string of the molecule is C=CC(=O)Nc1cc2c(Nc3ccc(OCc4ccccn4)c(Cl)c3)ncnc2cc1N1CCC(N(C)C)CC1. The van der Waals surface area contributed by atoms with Crippen molar-refractivity contribution in [3.8, 4) is 5.75 Å². The van der Waals surface area contributed by atoms with E-state index in [1.165, 1.54) is 12.4 Å². The Morgan fingerprint density at radius 1 is 1.15 bits per heavy atom. The maximum atomic E-state index is 12.4. The summed E-state index contributed by atoms with van der Waals surface area (Å²) in [6, 6.07) is 15.6. The van der Waals surface area contributed by atoms with Gasteiger partial charge in [0.1, 0.15) is 24.5 Å². The first-order chi connectivity index (χ1) is 19.4. The Balaban J connectivity index is 1.40. The third kappa shape index (κ3) is 6.32. The second-order valence-electron chi connectivity index (χ2n) is 9.86. The second-order valence-corrected chi connectivity index (χ2v) is 10.3. The monoisotopic (exact) mass is 557 g/mol. The number of aromatic nitrogens is 3. The number of carbonyl (C=O) groups excluding carboxylic acids is 1. The number of pyridine rings is 1. The number of amides is 1. The molecule has 4 aromatic rings. The Morgan fingerprint density at radius 2 is 1.98 bits per heavy atom. The van der Waals surface area contributed by atoms with E-state index in [2.05, 4.69) is 56.1 Å². The highest BCUT2D eigenvalue weighted by Crippen LogP contribution is 2.36. The average molecular weight is 558 g/mol. The zero-order valence-corrected chi connectivity index (χ0v) is 23.4. The Labute approximate surface area is 238 Å². The van der Waals surface area contributed by atoms with Crippen LogP contribution in [0.1, 0.15) is 18.5 Å². The Bertz CT molecular complexity index is 1510. The molecule has 0 saturated carbocycles. The summed E-state index contributed by atoms with van der Waals surface area (Å²) < 4.78 is 5.85. The first-order valence-corrected chi connectivity index (χ1v) is 13.5. The van der Waals surface area contributed by atoms with Crippen LogP contribution in [0.2, 0.25) is 5.02 Å². The van der Waals surface area contributed by atoms with Crippen molar-refractivity contribution in [1.82, 2.24) is 19.9 Å². The van der Waals surface area contributed by atoms with Gasteiger partial charge in [0.25, 0.3) is 0 Å². The quantitative estimate of drug-likeness (QED) is 0.255. The summed E-state index contributed by atoms with van der Waals surface area (Å²) in [5.74, 6) is 0.876. The average Bonchev–Trinajstić information content (AvgIpc) is 2.97. The number of halogens is 1. The van der Waals surface area contributed by atoms with Crippen molar-refractivity contribution in [2.24, 2.45) is 0 Å². The van der Waals surface area contributed by atoms with Crippen LogP contribution in [0.15, 0.2) is 73.7 Å². The van der Waals surface area contributed by atoms with Crippen molar-refractivity contribution in [2.75, 3.05) is 42.7 Å². The lowest BCUT2D eigenvalue weighted by atomic mass is 10.0. The van der Waals surface area contributed by atoms with Gasteiger partial charge in [-0.25, -0.2) is 9.97 Å². The number of nitrogens with one attached hydrogen (secondary N) is 2. The van der Waals surface area contributed by atoms with Gasteiger partial charge in [0, 0.05) is 36.4 Å². The number of piperidine rings is 1. The van der Waals surface area contributed by atoms with Gasteiger partial charge in [-0.15, -0.1) is 0 Å². The number of rotatable bonds is 9. The van der Waals surface area contributed by atoms with Crippen LogP contribution in [0.3, 0.4) is 0 Å². The smallest absolute Gasteiger partial charge is 0.247 e. The number of anilines is 4. The molecule has 5 rings (SSSR count). The number of fused-ring (bicyclic) bond motifs is 1. The second kappa shape index (κ2) is 12.3. The van der Waals surface area contributed by atoms with E-state index in [9.17, 15) is 4.79 Å². The number of hydrogen-bond donors (Lipinski definition) is 2. The first-order valence-electron chi connectivity index (χ1n) is 13.1. The van der Waals surface area contributed by atoms with E-state index in [4.69, 9.17) is 16.3 Å². The lowest BCUT2D eigenvalue weighted by Gasteiger charge is -2.37. The summed E-state index contributed by atoms with van der Waals surface area (Å²) in [6.45, 7) is 5.70. The minimum atomic E-state index is -0.275. The molecule has 2 N–H and O–H groups in total. The summed E-state index contributed by atoms with van der Waals surface area (Å²) in [5.41, 5.74) is 3.94. The van der Waals surface area contributed by atoms with Crippen molar-refractivity contribution in [3.63, 3.8) is 0 Å². The zero-order chi connectivity index (χ0) is 28.1. The number of benzene rings is 2. The van der Waals surface area contributed by atoms with Gasteiger partial charge in [-0.3, -0.25) is 9.78 Å². The molecule has 3 heterocycles. The summed E-state index contributed by atoms with van der Waals surface area (Å²) in [4.78, 5) is 30.2. The van der Waals surface area contributed by atoms with Crippen molar-refractivity contribution in [2.45, 2.75) is 25.5 Å². The van der Waals surface area contributed by atoms with Crippen molar-refractivity contribution in [3.05, 3.63) is 84.4 Å². The Hall–Kier alpha value is -4.21. The maximum Gasteiger partial charge on any atom is 0.247 e. The van der Waals surface area contributed by atoms with Gasteiger partial charge in [0.2, 0.25) is 5.91 Å². The van der Waals surface area contributed by atoms with E-state index >= 15 is 0 Å². The highest BCUT2D eigenvalue weighted by molar-refractivity contribution is 6.32. The molecule has 0 spiro atoms. The number of carbonyl (C=O) groups is 1. The molecular formula is C30H32ClN7O2. The first kappa shape index (κ1) is 27.4. The maximum absolute atomic E-state index is 12.4. The molecule has 1 amide bonds. The molecule has 1 aliphatic heterocycles. The topological polar surface area (TPSA) is 95.5 Å². The predicted molar refractivity (Wildman–Crippen MR) is 161 cm³/mol. The van der Waals surface area contributed by atoms with E-state index in [-0.39, 0.29) is 5.91 Å².